The fraction of sp³-hybridized carbons (Fsp3) is 0.462. The molecule has 1 aliphatic heterocycles. The first-order valence-electron chi connectivity index (χ1n) is 5.94. The van der Waals surface area contributed by atoms with Crippen LogP contribution >= 0.6 is 11.6 Å². The number of amides is 1. The van der Waals surface area contributed by atoms with Crippen LogP contribution in [0.5, 0.6) is 5.75 Å². The monoisotopic (exact) mass is 268 g/mol. The van der Waals surface area contributed by atoms with Crippen molar-refractivity contribution < 1.29 is 9.53 Å². The van der Waals surface area contributed by atoms with Crippen LogP contribution in [-0.4, -0.2) is 26.1 Å². The Kier molecular flexibility index (Phi) is 3.78. The average Bonchev–Trinajstić information content (AvgIpc) is 2.37. The van der Waals surface area contributed by atoms with Crippen LogP contribution < -0.4 is 15.4 Å². The molecule has 2 rings (SSSR count). The lowest BCUT2D eigenvalue weighted by Crippen LogP contribution is -2.37. The minimum absolute atomic E-state index is 0.00714. The van der Waals surface area contributed by atoms with Gasteiger partial charge in [-0.3, -0.25) is 4.79 Å². The van der Waals surface area contributed by atoms with Gasteiger partial charge in [-0.25, -0.2) is 0 Å². The molecule has 1 aromatic carbocycles. The summed E-state index contributed by atoms with van der Waals surface area (Å²) in [6.45, 7) is 2.72. The highest BCUT2D eigenvalue weighted by Crippen LogP contribution is 2.45. The van der Waals surface area contributed by atoms with Crippen molar-refractivity contribution in [2.24, 2.45) is 5.73 Å². The molecule has 1 heterocycles. The van der Waals surface area contributed by atoms with E-state index in [1.54, 1.807) is 31.1 Å². The van der Waals surface area contributed by atoms with Gasteiger partial charge in [0.05, 0.1) is 12.8 Å². The number of nitrogens with zero attached hydrogens (tertiary/aromatic N) is 1. The molecule has 18 heavy (non-hydrogen) atoms. The summed E-state index contributed by atoms with van der Waals surface area (Å²) in [7, 11) is 1.59. The number of fused-ring (bicyclic) bond motifs is 1. The van der Waals surface area contributed by atoms with Crippen LogP contribution in [0.1, 0.15) is 24.8 Å². The van der Waals surface area contributed by atoms with Crippen LogP contribution in [0.3, 0.4) is 0 Å². The Morgan fingerprint density at radius 2 is 2.33 bits per heavy atom. The Bertz CT molecular complexity index is 476. The molecule has 0 bridgehead atoms. The second-order valence-electron chi connectivity index (χ2n) is 4.40. The van der Waals surface area contributed by atoms with Crippen molar-refractivity contribution in [3.63, 3.8) is 0 Å². The first-order chi connectivity index (χ1) is 8.60. The molecule has 1 atom stereocenters. The lowest BCUT2D eigenvalue weighted by Gasteiger charge is -2.35. The van der Waals surface area contributed by atoms with Crippen LogP contribution in [-0.2, 0) is 4.79 Å². The van der Waals surface area contributed by atoms with Gasteiger partial charge >= 0.3 is 0 Å². The molecule has 1 aromatic rings. The smallest absolute Gasteiger partial charge is 0.223 e. The maximum atomic E-state index is 11.7. The summed E-state index contributed by atoms with van der Waals surface area (Å²) in [5, 5.41) is 0.646. The number of ether oxygens (including phenoxy) is 1. The highest BCUT2D eigenvalue weighted by molar-refractivity contribution is 6.32. The number of carbonyl (C=O) groups is 1. The van der Waals surface area contributed by atoms with Crippen LogP contribution in [0.15, 0.2) is 12.1 Å². The highest BCUT2D eigenvalue weighted by Gasteiger charge is 2.31. The van der Waals surface area contributed by atoms with Gasteiger partial charge in [0, 0.05) is 30.0 Å². The Labute approximate surface area is 112 Å². The van der Waals surface area contributed by atoms with Gasteiger partial charge in [-0.1, -0.05) is 11.6 Å². The minimum Gasteiger partial charge on any atom is -0.495 e. The van der Waals surface area contributed by atoms with E-state index in [9.17, 15) is 4.79 Å². The zero-order valence-electron chi connectivity index (χ0n) is 10.6. The standard InChI is InChI=1S/C13H17ClN2O2/c1-8(17)16-6-5-9(7-15)12-10(14)3-4-11(18-2)13(12)16/h3-4,9H,5-7,15H2,1-2H3. The van der Waals surface area contributed by atoms with E-state index in [0.717, 1.165) is 17.7 Å². The number of hydrogen-bond acceptors (Lipinski definition) is 3. The van der Waals surface area contributed by atoms with Crippen LogP contribution in [0.2, 0.25) is 5.02 Å². The number of benzene rings is 1. The molecular formula is C13H17ClN2O2. The molecule has 1 unspecified atom stereocenters. The van der Waals surface area contributed by atoms with E-state index in [-0.39, 0.29) is 11.8 Å². The first-order valence-corrected chi connectivity index (χ1v) is 6.32. The molecular weight excluding hydrogens is 252 g/mol. The van der Waals surface area contributed by atoms with Crippen molar-refractivity contribution in [3.8, 4) is 5.75 Å². The summed E-state index contributed by atoms with van der Waals surface area (Å²) in [5.41, 5.74) is 7.50. The molecule has 0 spiro atoms. The topological polar surface area (TPSA) is 55.6 Å². The van der Waals surface area contributed by atoms with E-state index in [1.807, 2.05) is 0 Å². The fourth-order valence-electron chi connectivity index (χ4n) is 2.49. The van der Waals surface area contributed by atoms with Crippen molar-refractivity contribution in [3.05, 3.63) is 22.7 Å². The number of carbonyl (C=O) groups excluding carboxylic acids is 1. The highest BCUT2D eigenvalue weighted by atomic mass is 35.5. The Morgan fingerprint density at radius 3 is 2.89 bits per heavy atom. The van der Waals surface area contributed by atoms with Crippen molar-refractivity contribution in [1.29, 1.82) is 0 Å². The summed E-state index contributed by atoms with van der Waals surface area (Å²) >= 11 is 6.27. The first kappa shape index (κ1) is 13.2. The lowest BCUT2D eigenvalue weighted by atomic mass is 9.89. The second-order valence-corrected chi connectivity index (χ2v) is 4.81. The third-order valence-corrected chi connectivity index (χ3v) is 3.72. The summed E-state index contributed by atoms with van der Waals surface area (Å²) in [5.74, 6) is 0.841. The molecule has 4 nitrogen and oxygen atoms in total. The summed E-state index contributed by atoms with van der Waals surface area (Å²) in [4.78, 5) is 13.4. The largest absolute Gasteiger partial charge is 0.495 e. The maximum absolute atomic E-state index is 11.7. The van der Waals surface area contributed by atoms with E-state index in [2.05, 4.69) is 0 Å². The van der Waals surface area contributed by atoms with Gasteiger partial charge in [-0.05, 0) is 25.1 Å². The van der Waals surface area contributed by atoms with E-state index in [4.69, 9.17) is 22.1 Å². The van der Waals surface area contributed by atoms with E-state index >= 15 is 0 Å². The molecule has 1 aliphatic rings. The second kappa shape index (κ2) is 5.16. The average molecular weight is 269 g/mol. The minimum atomic E-state index is -0.00714. The Hall–Kier alpha value is -1.26. The predicted octanol–water partition coefficient (Wildman–Crippen LogP) is 2.15. The Balaban J connectivity index is 2.64. The molecule has 0 fully saturated rings. The van der Waals surface area contributed by atoms with Gasteiger partial charge in [0.1, 0.15) is 5.75 Å². The maximum Gasteiger partial charge on any atom is 0.223 e. The van der Waals surface area contributed by atoms with E-state index in [0.29, 0.717) is 23.9 Å². The van der Waals surface area contributed by atoms with E-state index < -0.39 is 0 Å². The summed E-state index contributed by atoms with van der Waals surface area (Å²) in [6.07, 6.45) is 0.829. The van der Waals surface area contributed by atoms with E-state index in [1.165, 1.54) is 0 Å². The van der Waals surface area contributed by atoms with Crippen molar-refractivity contribution in [2.45, 2.75) is 19.3 Å². The zero-order chi connectivity index (χ0) is 13.3. The number of nitrogens with two attached hydrogens (primary N) is 1. The van der Waals surface area contributed by atoms with Gasteiger partial charge < -0.3 is 15.4 Å². The van der Waals surface area contributed by atoms with Gasteiger partial charge in [0.15, 0.2) is 0 Å². The molecule has 2 N–H and O–H groups in total. The third-order valence-electron chi connectivity index (χ3n) is 3.39. The summed E-state index contributed by atoms with van der Waals surface area (Å²) < 4.78 is 5.35. The fourth-order valence-corrected chi connectivity index (χ4v) is 2.79. The van der Waals surface area contributed by atoms with Crippen LogP contribution in [0.25, 0.3) is 0 Å². The molecule has 5 heteroatoms. The number of anilines is 1. The molecule has 0 aromatic heterocycles. The number of hydrogen-bond donors (Lipinski definition) is 1. The molecule has 0 radical (unpaired) electrons. The van der Waals surface area contributed by atoms with Gasteiger partial charge in [0.25, 0.3) is 0 Å². The number of rotatable bonds is 2. The van der Waals surface area contributed by atoms with Crippen LogP contribution in [0, 0.1) is 0 Å². The molecule has 0 saturated heterocycles. The quantitative estimate of drug-likeness (QED) is 0.894. The predicted molar refractivity (Wildman–Crippen MR) is 72.4 cm³/mol. The zero-order valence-corrected chi connectivity index (χ0v) is 11.3. The molecule has 1 amide bonds. The van der Waals surface area contributed by atoms with Gasteiger partial charge in [-0.15, -0.1) is 0 Å². The molecule has 0 saturated carbocycles. The SMILES string of the molecule is COc1ccc(Cl)c2c1N(C(C)=O)CCC2CN. The van der Waals surface area contributed by atoms with Crippen molar-refractivity contribution in [2.75, 3.05) is 25.1 Å². The van der Waals surface area contributed by atoms with Gasteiger partial charge in [-0.2, -0.15) is 0 Å². The normalized spacial score (nSPS) is 18.4. The molecule has 98 valence electrons. The number of methoxy groups -OCH3 is 1. The van der Waals surface area contributed by atoms with Crippen LogP contribution in [0.4, 0.5) is 5.69 Å². The summed E-state index contributed by atoms with van der Waals surface area (Å²) in [6, 6.07) is 3.58. The van der Waals surface area contributed by atoms with Crippen molar-refractivity contribution >= 4 is 23.2 Å². The number of halogens is 1. The molecule has 0 aliphatic carbocycles. The Morgan fingerprint density at radius 1 is 1.61 bits per heavy atom. The van der Waals surface area contributed by atoms with Gasteiger partial charge in [0.2, 0.25) is 5.91 Å². The van der Waals surface area contributed by atoms with Crippen molar-refractivity contribution in [1.82, 2.24) is 0 Å². The lowest BCUT2D eigenvalue weighted by molar-refractivity contribution is -0.116. The third kappa shape index (κ3) is 2.06.